The SMILES string of the molecule is C[C@H]1CCn2c(cc(OCc3cc(F)c(Oc4cccc(Cl)c4)c(F)c3)nc2=O)N1C. The lowest BCUT2D eigenvalue weighted by Crippen LogP contribution is -2.41. The summed E-state index contributed by atoms with van der Waals surface area (Å²) in [6, 6.07) is 10.4. The van der Waals surface area contributed by atoms with Gasteiger partial charge in [-0.3, -0.25) is 4.57 Å². The van der Waals surface area contributed by atoms with Crippen LogP contribution in [0.3, 0.4) is 0 Å². The van der Waals surface area contributed by atoms with E-state index >= 15 is 0 Å². The lowest BCUT2D eigenvalue weighted by atomic mass is 10.1. The summed E-state index contributed by atoms with van der Waals surface area (Å²) in [5.74, 6) is -1.30. The maximum atomic E-state index is 14.5. The molecule has 1 atom stereocenters. The van der Waals surface area contributed by atoms with Crippen LogP contribution in [0.15, 0.2) is 47.3 Å². The van der Waals surface area contributed by atoms with Gasteiger partial charge in [-0.25, -0.2) is 13.6 Å². The standard InChI is InChI=1S/C22H20ClF2N3O3/c1-13-6-7-28-20(27(13)2)11-19(26-22(28)29)30-12-14-8-17(24)21(18(25)9-14)31-16-5-3-4-15(23)10-16/h3-5,8-11,13H,6-7,12H2,1-2H3/t13-/m0/s1. The molecular weight excluding hydrogens is 428 g/mol. The minimum absolute atomic E-state index is 0.0947. The van der Waals surface area contributed by atoms with E-state index in [9.17, 15) is 13.6 Å². The molecule has 2 aromatic carbocycles. The Bertz CT molecular complexity index is 1160. The van der Waals surface area contributed by atoms with Crippen molar-refractivity contribution >= 4 is 17.4 Å². The predicted molar refractivity (Wildman–Crippen MR) is 113 cm³/mol. The summed E-state index contributed by atoms with van der Waals surface area (Å²) >= 11 is 5.87. The van der Waals surface area contributed by atoms with Gasteiger partial charge in [-0.15, -0.1) is 0 Å². The molecule has 0 spiro atoms. The van der Waals surface area contributed by atoms with Crippen molar-refractivity contribution in [3.05, 3.63) is 75.2 Å². The quantitative estimate of drug-likeness (QED) is 0.563. The molecule has 1 aromatic heterocycles. The number of anilines is 1. The molecule has 1 aliphatic heterocycles. The second-order valence-corrected chi connectivity index (χ2v) is 7.81. The van der Waals surface area contributed by atoms with Crippen LogP contribution in [-0.2, 0) is 13.2 Å². The molecule has 162 valence electrons. The second-order valence-electron chi connectivity index (χ2n) is 7.37. The van der Waals surface area contributed by atoms with Crippen molar-refractivity contribution in [2.45, 2.75) is 32.5 Å². The van der Waals surface area contributed by atoms with Crippen molar-refractivity contribution in [2.24, 2.45) is 0 Å². The number of hydrogen-bond donors (Lipinski definition) is 0. The zero-order valence-electron chi connectivity index (χ0n) is 16.9. The van der Waals surface area contributed by atoms with Gasteiger partial charge >= 0.3 is 5.69 Å². The van der Waals surface area contributed by atoms with E-state index in [4.69, 9.17) is 21.1 Å². The van der Waals surface area contributed by atoms with Gasteiger partial charge in [0.15, 0.2) is 17.4 Å². The zero-order chi connectivity index (χ0) is 22.1. The van der Waals surface area contributed by atoms with Gasteiger partial charge in [0.2, 0.25) is 5.88 Å². The van der Waals surface area contributed by atoms with Crippen LogP contribution >= 0.6 is 11.6 Å². The van der Waals surface area contributed by atoms with E-state index in [1.54, 1.807) is 28.8 Å². The highest BCUT2D eigenvalue weighted by Crippen LogP contribution is 2.30. The van der Waals surface area contributed by atoms with E-state index in [1.165, 1.54) is 6.07 Å². The molecular formula is C22H20ClF2N3O3. The summed E-state index contributed by atoms with van der Waals surface area (Å²) in [7, 11) is 1.89. The third kappa shape index (κ3) is 4.49. The number of benzene rings is 2. The number of aromatic nitrogens is 2. The van der Waals surface area contributed by atoms with Gasteiger partial charge in [0.1, 0.15) is 18.2 Å². The average Bonchev–Trinajstić information content (AvgIpc) is 2.72. The molecule has 31 heavy (non-hydrogen) atoms. The normalized spacial score (nSPS) is 15.5. The van der Waals surface area contributed by atoms with Crippen LogP contribution < -0.4 is 20.1 Å². The van der Waals surface area contributed by atoms with Gasteiger partial charge in [0, 0.05) is 30.7 Å². The van der Waals surface area contributed by atoms with Crippen LogP contribution in [0.2, 0.25) is 5.02 Å². The number of rotatable bonds is 5. The van der Waals surface area contributed by atoms with E-state index < -0.39 is 23.1 Å². The van der Waals surface area contributed by atoms with Crippen LogP contribution in [0.25, 0.3) is 0 Å². The third-order valence-electron chi connectivity index (χ3n) is 5.22. The molecule has 9 heteroatoms. The maximum Gasteiger partial charge on any atom is 0.352 e. The van der Waals surface area contributed by atoms with Crippen LogP contribution in [-0.4, -0.2) is 22.6 Å². The Morgan fingerprint density at radius 1 is 1.19 bits per heavy atom. The number of nitrogens with zero attached hydrogens (tertiary/aromatic N) is 3. The lowest BCUT2D eigenvalue weighted by Gasteiger charge is -2.34. The van der Waals surface area contributed by atoms with Crippen molar-refractivity contribution in [1.29, 1.82) is 0 Å². The second kappa shape index (κ2) is 8.55. The fraction of sp³-hybridized carbons (Fsp3) is 0.273. The molecule has 0 N–H and O–H groups in total. The summed E-state index contributed by atoms with van der Waals surface area (Å²) in [4.78, 5) is 18.2. The van der Waals surface area contributed by atoms with Crippen LogP contribution in [0.1, 0.15) is 18.9 Å². The molecule has 0 amide bonds. The van der Waals surface area contributed by atoms with Crippen LogP contribution in [0, 0.1) is 11.6 Å². The molecule has 0 aliphatic carbocycles. The average molecular weight is 448 g/mol. The molecule has 0 saturated heterocycles. The largest absolute Gasteiger partial charge is 0.473 e. The number of ether oxygens (including phenoxy) is 2. The number of fused-ring (bicyclic) bond motifs is 1. The molecule has 0 fully saturated rings. The monoisotopic (exact) mass is 447 g/mol. The molecule has 3 aromatic rings. The predicted octanol–water partition coefficient (Wildman–Crippen LogP) is 4.77. The zero-order valence-corrected chi connectivity index (χ0v) is 17.7. The number of hydrogen-bond acceptors (Lipinski definition) is 5. The Morgan fingerprint density at radius 2 is 1.94 bits per heavy atom. The smallest absolute Gasteiger partial charge is 0.352 e. The van der Waals surface area contributed by atoms with Gasteiger partial charge in [-0.1, -0.05) is 17.7 Å². The molecule has 6 nitrogen and oxygen atoms in total. The van der Waals surface area contributed by atoms with Crippen molar-refractivity contribution < 1.29 is 18.3 Å². The lowest BCUT2D eigenvalue weighted by molar-refractivity contribution is 0.287. The first-order chi connectivity index (χ1) is 14.8. The molecule has 0 radical (unpaired) electrons. The van der Waals surface area contributed by atoms with Crippen molar-refractivity contribution in [3.8, 4) is 17.4 Å². The molecule has 4 rings (SSSR count). The fourth-order valence-corrected chi connectivity index (χ4v) is 3.56. The molecule has 0 saturated carbocycles. The van der Waals surface area contributed by atoms with Crippen molar-refractivity contribution in [3.63, 3.8) is 0 Å². The molecule has 1 aliphatic rings. The summed E-state index contributed by atoms with van der Waals surface area (Å²) in [5, 5.41) is 0.386. The van der Waals surface area contributed by atoms with E-state index in [0.717, 1.165) is 18.6 Å². The van der Waals surface area contributed by atoms with E-state index in [2.05, 4.69) is 11.9 Å². The summed E-state index contributed by atoms with van der Waals surface area (Å²) < 4.78 is 41.4. The van der Waals surface area contributed by atoms with E-state index in [-0.39, 0.29) is 29.8 Å². The van der Waals surface area contributed by atoms with Crippen molar-refractivity contribution in [2.75, 3.05) is 11.9 Å². The summed E-state index contributed by atoms with van der Waals surface area (Å²) in [6.07, 6.45) is 0.841. The highest BCUT2D eigenvalue weighted by Gasteiger charge is 2.22. The van der Waals surface area contributed by atoms with Gasteiger partial charge in [-0.05, 0) is 49.2 Å². The molecule has 2 heterocycles. The minimum atomic E-state index is -0.884. The Hall–Kier alpha value is -3.13. The maximum absolute atomic E-state index is 14.5. The van der Waals surface area contributed by atoms with Crippen molar-refractivity contribution in [1.82, 2.24) is 9.55 Å². The van der Waals surface area contributed by atoms with E-state index in [0.29, 0.717) is 17.4 Å². The first kappa shape index (κ1) is 21.1. The Kier molecular flexibility index (Phi) is 5.82. The van der Waals surface area contributed by atoms with Gasteiger partial charge < -0.3 is 14.4 Å². The van der Waals surface area contributed by atoms with Gasteiger partial charge in [0.05, 0.1) is 0 Å². The van der Waals surface area contributed by atoms with Crippen LogP contribution in [0.4, 0.5) is 14.6 Å². The Morgan fingerprint density at radius 3 is 2.65 bits per heavy atom. The van der Waals surface area contributed by atoms with Crippen LogP contribution in [0.5, 0.6) is 17.4 Å². The Labute approximate surface area is 182 Å². The minimum Gasteiger partial charge on any atom is -0.473 e. The van der Waals surface area contributed by atoms with Gasteiger partial charge in [-0.2, -0.15) is 4.98 Å². The summed E-state index contributed by atoms with van der Waals surface area (Å²) in [5.41, 5.74) is -0.191. The topological polar surface area (TPSA) is 56.6 Å². The summed E-state index contributed by atoms with van der Waals surface area (Å²) in [6.45, 7) is 2.48. The third-order valence-corrected chi connectivity index (χ3v) is 5.45. The molecule has 0 unspecified atom stereocenters. The number of halogens is 3. The fourth-order valence-electron chi connectivity index (χ4n) is 3.38. The Balaban J connectivity index is 1.52. The molecule has 0 bridgehead atoms. The van der Waals surface area contributed by atoms with E-state index in [1.807, 2.05) is 11.9 Å². The van der Waals surface area contributed by atoms with Gasteiger partial charge in [0.25, 0.3) is 0 Å². The highest BCUT2D eigenvalue weighted by molar-refractivity contribution is 6.30. The first-order valence-electron chi connectivity index (χ1n) is 9.70. The first-order valence-corrected chi connectivity index (χ1v) is 10.1. The highest BCUT2D eigenvalue weighted by atomic mass is 35.5.